The van der Waals surface area contributed by atoms with Gasteiger partial charge in [-0.3, -0.25) is 24.0 Å². The molecule has 2 aliphatic heterocycles. The van der Waals surface area contributed by atoms with E-state index in [0.717, 1.165) is 42.9 Å². The number of piperazine rings is 1. The highest BCUT2D eigenvalue weighted by molar-refractivity contribution is 6.00. The Hall–Kier alpha value is -2.61. The normalized spacial score (nSPS) is 21.6. The van der Waals surface area contributed by atoms with E-state index < -0.39 is 11.9 Å². The van der Waals surface area contributed by atoms with E-state index in [4.69, 9.17) is 0 Å². The zero-order chi connectivity index (χ0) is 17.6. The van der Waals surface area contributed by atoms with Crippen molar-refractivity contribution in [2.75, 3.05) is 31.1 Å². The fourth-order valence-electron chi connectivity index (χ4n) is 3.89. The molecule has 2 aliphatic rings. The van der Waals surface area contributed by atoms with E-state index in [1.54, 1.807) is 11.6 Å². The number of anilines is 1. The molecule has 1 aromatic carbocycles. The van der Waals surface area contributed by atoms with Crippen LogP contribution in [-0.2, 0) is 16.6 Å². The van der Waals surface area contributed by atoms with Crippen LogP contribution in [0.5, 0.6) is 0 Å². The van der Waals surface area contributed by atoms with Gasteiger partial charge in [-0.25, -0.2) is 4.79 Å². The number of fused-ring (bicyclic) bond motifs is 1. The van der Waals surface area contributed by atoms with Gasteiger partial charge in [-0.1, -0.05) is 6.07 Å². The zero-order valence-corrected chi connectivity index (χ0v) is 14.2. The number of carbonyl (C=O) groups excluding carboxylic acids is 2. The van der Waals surface area contributed by atoms with Gasteiger partial charge in [0.05, 0.1) is 42.9 Å². The van der Waals surface area contributed by atoms with Gasteiger partial charge in [-0.2, -0.15) is 0 Å². The third-order valence-corrected chi connectivity index (χ3v) is 5.15. The Bertz CT molecular complexity index is 907. The number of aryl methyl sites for hydroxylation is 1. The topological polar surface area (TPSA) is 92.9 Å². The van der Waals surface area contributed by atoms with Crippen LogP contribution in [0, 0.1) is 0 Å². The minimum absolute atomic E-state index is 0.222. The lowest BCUT2D eigenvalue weighted by molar-refractivity contribution is -0.655. The fourth-order valence-corrected chi connectivity index (χ4v) is 3.89. The van der Waals surface area contributed by atoms with Gasteiger partial charge in [-0.15, -0.1) is 0 Å². The first-order valence-electron chi connectivity index (χ1n) is 8.68. The molecule has 3 heterocycles. The molecule has 8 heteroatoms. The van der Waals surface area contributed by atoms with Crippen LogP contribution < -0.4 is 21.2 Å². The summed E-state index contributed by atoms with van der Waals surface area (Å²) in [5.41, 5.74) is 2.39. The van der Waals surface area contributed by atoms with E-state index >= 15 is 0 Å². The summed E-state index contributed by atoms with van der Waals surface area (Å²) in [6.07, 6.45) is 0.605. The Kier molecular flexibility index (Phi) is 3.84. The number of benzene rings is 1. The van der Waals surface area contributed by atoms with Crippen molar-refractivity contribution in [2.45, 2.75) is 18.9 Å². The van der Waals surface area contributed by atoms with E-state index in [9.17, 15) is 14.4 Å². The summed E-state index contributed by atoms with van der Waals surface area (Å²) in [5.74, 6) is -0.677. The molecule has 2 saturated heterocycles. The zero-order valence-electron chi connectivity index (χ0n) is 14.2. The quantitative estimate of drug-likeness (QED) is 0.663. The predicted molar refractivity (Wildman–Crippen MR) is 92.5 cm³/mol. The first-order valence-corrected chi connectivity index (χ1v) is 8.68. The van der Waals surface area contributed by atoms with E-state index in [1.807, 2.05) is 18.2 Å². The lowest BCUT2D eigenvalue weighted by atomic mass is 10.1. The second-order valence-corrected chi connectivity index (χ2v) is 6.68. The highest BCUT2D eigenvalue weighted by Gasteiger charge is 2.32. The monoisotopic (exact) mass is 344 g/mol. The molecule has 25 heavy (non-hydrogen) atoms. The van der Waals surface area contributed by atoms with Crippen molar-refractivity contribution in [1.29, 1.82) is 0 Å². The molecule has 4 rings (SSSR count). The van der Waals surface area contributed by atoms with Crippen molar-refractivity contribution in [3.8, 4) is 0 Å². The van der Waals surface area contributed by atoms with Crippen molar-refractivity contribution in [3.63, 3.8) is 0 Å². The molecule has 8 nitrogen and oxygen atoms in total. The number of carbonyl (C=O) groups is 2. The summed E-state index contributed by atoms with van der Waals surface area (Å²) >= 11 is 0. The lowest BCUT2D eigenvalue weighted by Crippen LogP contribution is -2.89. The first-order chi connectivity index (χ1) is 12.1. The molecule has 0 spiro atoms. The third-order valence-electron chi connectivity index (χ3n) is 5.15. The highest BCUT2D eigenvalue weighted by Crippen LogP contribution is 2.29. The van der Waals surface area contributed by atoms with Gasteiger partial charge in [0, 0.05) is 13.5 Å². The fraction of sp³-hybridized carbons (Fsp3) is 0.471. The number of imidazole rings is 1. The maximum Gasteiger partial charge on any atom is 0.329 e. The molecule has 2 fully saturated rings. The first kappa shape index (κ1) is 15.9. The second-order valence-electron chi connectivity index (χ2n) is 6.68. The van der Waals surface area contributed by atoms with Gasteiger partial charge >= 0.3 is 5.69 Å². The Morgan fingerprint density at radius 2 is 1.92 bits per heavy atom. The van der Waals surface area contributed by atoms with E-state index in [2.05, 4.69) is 15.5 Å². The number of aromatic nitrogens is 2. The predicted octanol–water partition coefficient (Wildman–Crippen LogP) is -1.30. The summed E-state index contributed by atoms with van der Waals surface area (Å²) in [6.45, 7) is 3.91. The number of amides is 2. The van der Waals surface area contributed by atoms with E-state index in [-0.39, 0.29) is 18.0 Å². The summed E-state index contributed by atoms with van der Waals surface area (Å²) < 4.78 is 3.16. The number of rotatable bonds is 2. The lowest BCUT2D eigenvalue weighted by Gasteiger charge is -2.28. The number of nitrogens with two attached hydrogens (primary N) is 1. The molecule has 0 aliphatic carbocycles. The van der Waals surface area contributed by atoms with Crippen molar-refractivity contribution in [1.82, 2.24) is 14.5 Å². The number of nitrogens with one attached hydrogen (secondary N) is 1. The summed E-state index contributed by atoms with van der Waals surface area (Å²) in [5, 5.41) is 4.63. The Balaban J connectivity index is 1.86. The number of nitrogens with zero attached hydrogens (tertiary/aromatic N) is 3. The van der Waals surface area contributed by atoms with Crippen molar-refractivity contribution >= 4 is 28.5 Å². The Labute approximate surface area is 144 Å². The van der Waals surface area contributed by atoms with E-state index in [0.29, 0.717) is 6.42 Å². The number of imide groups is 1. The molecule has 1 unspecified atom stereocenters. The van der Waals surface area contributed by atoms with Gasteiger partial charge in [0.2, 0.25) is 11.8 Å². The molecule has 1 aromatic heterocycles. The highest BCUT2D eigenvalue weighted by atomic mass is 16.2. The Morgan fingerprint density at radius 3 is 2.64 bits per heavy atom. The molecular weight excluding hydrogens is 322 g/mol. The maximum absolute atomic E-state index is 12.9. The number of hydrogen-bond acceptors (Lipinski definition) is 4. The minimum Gasteiger partial charge on any atom is -0.358 e. The smallest absolute Gasteiger partial charge is 0.329 e. The van der Waals surface area contributed by atoms with Crippen LogP contribution >= 0.6 is 0 Å². The molecule has 132 valence electrons. The van der Waals surface area contributed by atoms with Gasteiger partial charge in [0.15, 0.2) is 0 Å². The van der Waals surface area contributed by atoms with Crippen LogP contribution in [0.2, 0.25) is 0 Å². The summed E-state index contributed by atoms with van der Waals surface area (Å²) in [7, 11) is 1.74. The minimum atomic E-state index is -0.640. The average molecular weight is 344 g/mol. The van der Waals surface area contributed by atoms with Crippen LogP contribution in [0.15, 0.2) is 23.0 Å². The van der Waals surface area contributed by atoms with Crippen LogP contribution in [0.25, 0.3) is 11.0 Å². The van der Waals surface area contributed by atoms with Crippen LogP contribution in [-0.4, -0.2) is 47.1 Å². The number of piperidine rings is 1. The van der Waals surface area contributed by atoms with Crippen LogP contribution in [0.3, 0.4) is 0 Å². The van der Waals surface area contributed by atoms with Gasteiger partial charge in [0.25, 0.3) is 0 Å². The third kappa shape index (κ3) is 2.53. The number of hydrogen-bond donors (Lipinski definition) is 2. The number of quaternary nitrogens is 1. The van der Waals surface area contributed by atoms with Gasteiger partial charge < -0.3 is 10.2 Å². The summed E-state index contributed by atoms with van der Waals surface area (Å²) in [6, 6.07) is 5.19. The van der Waals surface area contributed by atoms with Crippen molar-refractivity contribution in [3.05, 3.63) is 28.7 Å². The van der Waals surface area contributed by atoms with Crippen LogP contribution in [0.4, 0.5) is 5.69 Å². The molecular formula is C17H22N5O3+. The molecule has 0 saturated carbocycles. The average Bonchev–Trinajstić information content (AvgIpc) is 2.87. The van der Waals surface area contributed by atoms with Gasteiger partial charge in [-0.05, 0) is 18.6 Å². The molecule has 0 radical (unpaired) electrons. The molecule has 1 atom stereocenters. The maximum atomic E-state index is 12.9. The van der Waals surface area contributed by atoms with Crippen molar-refractivity contribution in [2.24, 2.45) is 7.05 Å². The van der Waals surface area contributed by atoms with Gasteiger partial charge in [0.1, 0.15) is 6.04 Å². The van der Waals surface area contributed by atoms with Crippen LogP contribution in [0.1, 0.15) is 18.9 Å². The molecule has 2 aromatic rings. The SMILES string of the molecule is Cn1c(=O)n(C2CCC(=O)NC2=O)c2cccc(N3CC[NH2+]CC3)c21. The number of para-hydroxylation sites is 1. The van der Waals surface area contributed by atoms with Crippen molar-refractivity contribution < 1.29 is 14.9 Å². The molecule has 0 bridgehead atoms. The Morgan fingerprint density at radius 1 is 1.16 bits per heavy atom. The second kappa shape index (κ2) is 6.03. The largest absolute Gasteiger partial charge is 0.358 e. The molecule has 2 amide bonds. The van der Waals surface area contributed by atoms with E-state index in [1.165, 1.54) is 4.57 Å². The standard InChI is InChI=1S/C17H21N5O3/c1-20-15-11(21-9-7-18-8-10-21)3-2-4-12(15)22(17(20)25)13-5-6-14(23)19-16(13)24/h2-4,13,18H,5-10H2,1H3,(H,19,23,24)/p+1. The molecule has 3 N–H and O–H groups in total. The summed E-state index contributed by atoms with van der Waals surface area (Å²) in [4.78, 5) is 38.9.